The molecule has 1 aliphatic rings. The number of carbonyl (C=O) groups excluding carboxylic acids is 3. The number of hydrogen-bond donors (Lipinski definition) is 2. The third kappa shape index (κ3) is 5.30. The summed E-state index contributed by atoms with van der Waals surface area (Å²) in [6.45, 7) is 3.78. The van der Waals surface area contributed by atoms with E-state index in [9.17, 15) is 14.4 Å². The summed E-state index contributed by atoms with van der Waals surface area (Å²) < 4.78 is 11.3. The molecule has 8 nitrogen and oxygen atoms in total. The summed E-state index contributed by atoms with van der Waals surface area (Å²) in [5, 5.41) is 5.33. The highest BCUT2D eigenvalue weighted by Gasteiger charge is 2.32. The molecule has 2 aromatic rings. The first kappa shape index (κ1) is 23.0. The molecule has 0 radical (unpaired) electrons. The van der Waals surface area contributed by atoms with Crippen molar-refractivity contribution in [3.8, 4) is 11.5 Å². The summed E-state index contributed by atoms with van der Waals surface area (Å²) in [6, 6.07) is 12.3. The fourth-order valence-electron chi connectivity index (χ4n) is 3.15. The van der Waals surface area contributed by atoms with Crippen molar-refractivity contribution in [1.82, 2.24) is 10.2 Å². The van der Waals surface area contributed by atoms with Crippen LogP contribution in [0.5, 0.6) is 11.5 Å². The Morgan fingerprint density at radius 1 is 1.19 bits per heavy atom. The monoisotopic (exact) mass is 453 g/mol. The molecule has 0 spiro atoms. The van der Waals surface area contributed by atoms with E-state index in [2.05, 4.69) is 10.6 Å². The van der Waals surface area contributed by atoms with Gasteiger partial charge in [-0.25, -0.2) is 0 Å². The van der Waals surface area contributed by atoms with Gasteiger partial charge in [-0.15, -0.1) is 0 Å². The predicted octanol–water partition coefficient (Wildman–Crippen LogP) is 2.88. The van der Waals surface area contributed by atoms with Gasteiger partial charge in [-0.2, -0.15) is 0 Å². The summed E-state index contributed by atoms with van der Waals surface area (Å²) in [7, 11) is 1.55. The van der Waals surface area contributed by atoms with Crippen molar-refractivity contribution in [3.05, 3.63) is 59.2 Å². The number of methoxy groups -OCH3 is 1. The van der Waals surface area contributed by atoms with Crippen LogP contribution in [0.1, 0.15) is 25.0 Å². The predicted molar refractivity (Wildman–Crippen MR) is 124 cm³/mol. The van der Waals surface area contributed by atoms with Crippen molar-refractivity contribution in [1.29, 1.82) is 0 Å². The van der Waals surface area contributed by atoms with Gasteiger partial charge in [-0.05, 0) is 67.2 Å². The van der Waals surface area contributed by atoms with Crippen LogP contribution in [0.2, 0.25) is 0 Å². The number of thiocarbonyl (C=S) groups is 1. The molecule has 0 aromatic heterocycles. The van der Waals surface area contributed by atoms with E-state index >= 15 is 0 Å². The molecule has 0 aliphatic carbocycles. The molecule has 1 aliphatic heterocycles. The number of nitrogens with zero attached hydrogens (tertiary/aromatic N) is 1. The van der Waals surface area contributed by atoms with Crippen LogP contribution in [0.25, 0.3) is 6.08 Å². The first-order valence-electron chi connectivity index (χ1n) is 9.88. The lowest BCUT2D eigenvalue weighted by Gasteiger charge is -2.27. The molecule has 32 heavy (non-hydrogen) atoms. The largest absolute Gasteiger partial charge is 0.496 e. The van der Waals surface area contributed by atoms with Crippen LogP contribution in [-0.4, -0.2) is 41.4 Å². The molecule has 0 unspecified atom stereocenters. The van der Waals surface area contributed by atoms with E-state index in [0.717, 1.165) is 5.56 Å². The van der Waals surface area contributed by atoms with Crippen LogP contribution in [0.4, 0.5) is 5.69 Å². The Morgan fingerprint density at radius 3 is 2.53 bits per heavy atom. The number of anilines is 1. The van der Waals surface area contributed by atoms with Crippen molar-refractivity contribution >= 4 is 46.8 Å². The maximum absolute atomic E-state index is 12.6. The number of ether oxygens (including phenoxy) is 2. The quantitative estimate of drug-likeness (QED) is 0.380. The normalized spacial score (nSPS) is 14.9. The fraction of sp³-hybridized carbons (Fsp3) is 0.217. The van der Waals surface area contributed by atoms with Crippen molar-refractivity contribution in [3.63, 3.8) is 0 Å². The maximum Gasteiger partial charge on any atom is 0.265 e. The minimum atomic E-state index is -0.530. The molecule has 0 saturated carbocycles. The smallest absolute Gasteiger partial charge is 0.265 e. The zero-order valence-corrected chi connectivity index (χ0v) is 18.7. The molecule has 3 amide bonds. The van der Waals surface area contributed by atoms with Gasteiger partial charge in [0.2, 0.25) is 5.91 Å². The average molecular weight is 454 g/mol. The summed E-state index contributed by atoms with van der Waals surface area (Å²) >= 11 is 5.05. The van der Waals surface area contributed by atoms with E-state index in [1.54, 1.807) is 56.5 Å². The molecule has 3 rings (SSSR count). The van der Waals surface area contributed by atoms with Crippen molar-refractivity contribution < 1.29 is 23.9 Å². The number of benzene rings is 2. The average Bonchev–Trinajstić information content (AvgIpc) is 2.76. The summed E-state index contributed by atoms with van der Waals surface area (Å²) in [4.78, 5) is 37.4. The zero-order chi connectivity index (χ0) is 23.3. The Kier molecular flexibility index (Phi) is 7.21. The van der Waals surface area contributed by atoms with E-state index in [1.807, 2.05) is 0 Å². The van der Waals surface area contributed by atoms with Gasteiger partial charge >= 0.3 is 0 Å². The maximum atomic E-state index is 12.6. The molecule has 1 saturated heterocycles. The molecule has 2 N–H and O–H groups in total. The summed E-state index contributed by atoms with van der Waals surface area (Å²) in [5.41, 5.74) is 2.06. The Labute approximate surface area is 191 Å². The third-order valence-electron chi connectivity index (χ3n) is 4.69. The lowest BCUT2D eigenvalue weighted by Crippen LogP contribution is -2.53. The molecule has 1 fully saturated rings. The fourth-order valence-corrected chi connectivity index (χ4v) is 3.45. The van der Waals surface area contributed by atoms with Gasteiger partial charge in [0.15, 0.2) is 5.11 Å². The molecule has 9 heteroatoms. The highest BCUT2D eigenvalue weighted by atomic mass is 32.1. The third-order valence-corrected chi connectivity index (χ3v) is 5.01. The Hall–Kier alpha value is -3.72. The van der Waals surface area contributed by atoms with Gasteiger partial charge in [0, 0.05) is 24.7 Å². The van der Waals surface area contributed by atoms with Gasteiger partial charge in [0.1, 0.15) is 23.7 Å². The molecule has 2 aromatic carbocycles. The summed E-state index contributed by atoms with van der Waals surface area (Å²) in [5.74, 6) is 0.103. The highest BCUT2D eigenvalue weighted by molar-refractivity contribution is 7.80. The first-order valence-corrected chi connectivity index (χ1v) is 10.3. The minimum Gasteiger partial charge on any atom is -0.496 e. The molecule has 0 atom stereocenters. The van der Waals surface area contributed by atoms with Gasteiger partial charge in [-0.1, -0.05) is 6.07 Å². The van der Waals surface area contributed by atoms with E-state index in [-0.39, 0.29) is 23.2 Å². The second-order valence-corrected chi connectivity index (χ2v) is 7.32. The lowest BCUT2D eigenvalue weighted by atomic mass is 10.0. The van der Waals surface area contributed by atoms with Crippen LogP contribution in [0, 0.1) is 0 Å². The van der Waals surface area contributed by atoms with Crippen LogP contribution < -0.4 is 20.1 Å². The van der Waals surface area contributed by atoms with E-state index < -0.39 is 11.8 Å². The molecule has 0 bridgehead atoms. The van der Waals surface area contributed by atoms with Gasteiger partial charge in [0.05, 0.1) is 7.11 Å². The topological polar surface area (TPSA) is 97.0 Å². The number of nitrogens with one attached hydrogen (secondary N) is 2. The van der Waals surface area contributed by atoms with Gasteiger partial charge < -0.3 is 14.8 Å². The summed E-state index contributed by atoms with van der Waals surface area (Å²) in [6.07, 6.45) is 1.52. The number of carbonyl (C=O) groups is 3. The van der Waals surface area contributed by atoms with Crippen LogP contribution in [-0.2, 0) is 21.0 Å². The molecule has 166 valence electrons. The van der Waals surface area contributed by atoms with Gasteiger partial charge in [-0.3, -0.25) is 24.6 Å². The van der Waals surface area contributed by atoms with E-state index in [4.69, 9.17) is 21.7 Å². The Balaban J connectivity index is 1.80. The number of likely N-dealkylation sites (N-methyl/N-ethyl adjacent to an activating group) is 1. The number of amides is 3. The number of hydrogen-bond acceptors (Lipinski definition) is 6. The van der Waals surface area contributed by atoms with Crippen LogP contribution in [0.15, 0.2) is 48.0 Å². The van der Waals surface area contributed by atoms with Crippen molar-refractivity contribution in [2.45, 2.75) is 20.5 Å². The molecule has 1 heterocycles. The highest BCUT2D eigenvalue weighted by Crippen LogP contribution is 2.25. The molecular weight excluding hydrogens is 430 g/mol. The Morgan fingerprint density at radius 2 is 1.91 bits per heavy atom. The zero-order valence-electron chi connectivity index (χ0n) is 17.9. The van der Waals surface area contributed by atoms with E-state index in [1.165, 1.54) is 17.9 Å². The van der Waals surface area contributed by atoms with Gasteiger partial charge in [0.25, 0.3) is 11.8 Å². The van der Waals surface area contributed by atoms with E-state index in [0.29, 0.717) is 29.3 Å². The van der Waals surface area contributed by atoms with Crippen molar-refractivity contribution in [2.24, 2.45) is 0 Å². The Bertz CT molecular complexity index is 1100. The lowest BCUT2D eigenvalue weighted by molar-refractivity contribution is -0.128. The second kappa shape index (κ2) is 10.1. The van der Waals surface area contributed by atoms with Crippen molar-refractivity contribution in [2.75, 3.05) is 19.0 Å². The standard InChI is InChI=1S/C23H23N3O5S/c1-4-26-22(29)19(21(28)25-23(26)32)12-15-5-10-20(30-3)16(11-15)13-31-18-8-6-17(7-9-18)24-14(2)27/h5-12H,4,13H2,1-3H3,(H,24,27)(H,25,28,32)/b19-12-. The second-order valence-electron chi connectivity index (χ2n) is 6.93. The van der Waals surface area contributed by atoms with Crippen LogP contribution in [0.3, 0.4) is 0 Å². The number of rotatable bonds is 7. The minimum absolute atomic E-state index is 0.00560. The van der Waals surface area contributed by atoms with Crippen LogP contribution >= 0.6 is 12.2 Å². The molecular formula is C23H23N3O5S. The SMILES string of the molecule is CCN1C(=O)/C(=C\c2ccc(OC)c(COc3ccc(NC(C)=O)cc3)c2)C(=O)NC1=S. The first-order chi connectivity index (χ1) is 15.3.